The molecule has 0 aliphatic rings. The summed E-state index contributed by atoms with van der Waals surface area (Å²) in [6, 6.07) is 15.6. The van der Waals surface area contributed by atoms with Crippen molar-refractivity contribution in [3.05, 3.63) is 94.0 Å². The number of amides is 2. The Labute approximate surface area is 208 Å². The third-order valence-corrected chi connectivity index (χ3v) is 5.25. The van der Waals surface area contributed by atoms with E-state index in [0.29, 0.717) is 28.7 Å². The van der Waals surface area contributed by atoms with E-state index in [1.165, 1.54) is 12.1 Å². The number of hydrogen-bond acceptors (Lipinski definition) is 5. The Bertz CT molecular complexity index is 1340. The topological polar surface area (TPSA) is 96.9 Å². The smallest absolute Gasteiger partial charge is 0.416 e. The van der Waals surface area contributed by atoms with E-state index in [4.69, 9.17) is 16.3 Å². The minimum absolute atomic E-state index is 0.174. The second kappa shape index (κ2) is 11.0. The van der Waals surface area contributed by atoms with Crippen LogP contribution in [0.25, 0.3) is 0 Å². The van der Waals surface area contributed by atoms with E-state index < -0.39 is 29.5 Å². The maximum Gasteiger partial charge on any atom is 0.416 e. The van der Waals surface area contributed by atoms with Crippen molar-refractivity contribution in [2.24, 2.45) is 5.10 Å². The van der Waals surface area contributed by atoms with Gasteiger partial charge in [-0.25, -0.2) is 10.2 Å². The van der Waals surface area contributed by atoms with Gasteiger partial charge < -0.3 is 10.1 Å². The van der Waals surface area contributed by atoms with Crippen molar-refractivity contribution in [2.45, 2.75) is 20.0 Å². The molecule has 0 aliphatic heterocycles. The standard InChI is InChI=1S/C25H19ClF3N3O4/c1-14-5-3-4-6-19(14)24(35)36-18-10-7-16(8-11-18)15(2)31-32-23(34)22(33)30-21-13-17(25(27,28)29)9-12-20(21)26/h3-13H,1-2H3,(H,30,33)(H,32,34). The molecular weight excluding hydrogens is 499 g/mol. The Hall–Kier alpha value is -4.18. The lowest BCUT2D eigenvalue weighted by molar-refractivity contribution is -0.137. The van der Waals surface area contributed by atoms with Crippen molar-refractivity contribution < 1.29 is 32.3 Å². The number of ether oxygens (including phenoxy) is 1. The first-order valence-electron chi connectivity index (χ1n) is 10.4. The van der Waals surface area contributed by atoms with Crippen LogP contribution < -0.4 is 15.5 Å². The highest BCUT2D eigenvalue weighted by Crippen LogP contribution is 2.33. The maximum absolute atomic E-state index is 12.9. The summed E-state index contributed by atoms with van der Waals surface area (Å²) in [5, 5.41) is 5.68. The monoisotopic (exact) mass is 517 g/mol. The van der Waals surface area contributed by atoms with Gasteiger partial charge >= 0.3 is 24.0 Å². The first-order valence-corrected chi connectivity index (χ1v) is 10.7. The number of rotatable bonds is 5. The van der Waals surface area contributed by atoms with E-state index in [1.54, 1.807) is 44.2 Å². The quantitative estimate of drug-likeness (QED) is 0.156. The van der Waals surface area contributed by atoms with Gasteiger partial charge in [0, 0.05) is 0 Å². The molecule has 0 radical (unpaired) electrons. The van der Waals surface area contributed by atoms with E-state index in [1.807, 2.05) is 16.8 Å². The fraction of sp³-hybridized carbons (Fsp3) is 0.120. The highest BCUT2D eigenvalue weighted by molar-refractivity contribution is 6.41. The number of nitrogens with one attached hydrogen (secondary N) is 2. The Balaban J connectivity index is 1.61. The summed E-state index contributed by atoms with van der Waals surface area (Å²) in [4.78, 5) is 36.5. The largest absolute Gasteiger partial charge is 0.423 e. The molecule has 11 heteroatoms. The van der Waals surface area contributed by atoms with Crippen molar-refractivity contribution in [3.63, 3.8) is 0 Å². The van der Waals surface area contributed by atoms with E-state index in [9.17, 15) is 27.6 Å². The van der Waals surface area contributed by atoms with Crippen LogP contribution in [0.4, 0.5) is 18.9 Å². The minimum atomic E-state index is -4.65. The van der Waals surface area contributed by atoms with Gasteiger partial charge in [0.1, 0.15) is 5.75 Å². The van der Waals surface area contributed by atoms with Crippen molar-refractivity contribution in [1.29, 1.82) is 0 Å². The minimum Gasteiger partial charge on any atom is -0.423 e. The molecule has 0 aromatic heterocycles. The van der Waals surface area contributed by atoms with Crippen LogP contribution in [0.3, 0.4) is 0 Å². The maximum atomic E-state index is 12.9. The number of benzene rings is 3. The summed E-state index contributed by atoms with van der Waals surface area (Å²) in [5.41, 5.74) is 2.69. The summed E-state index contributed by atoms with van der Waals surface area (Å²) >= 11 is 5.82. The number of alkyl halides is 3. The van der Waals surface area contributed by atoms with Gasteiger partial charge in [-0.05, 0) is 73.5 Å². The molecule has 36 heavy (non-hydrogen) atoms. The van der Waals surface area contributed by atoms with Gasteiger partial charge in [0.15, 0.2) is 0 Å². The van der Waals surface area contributed by atoms with Gasteiger partial charge in [-0.3, -0.25) is 9.59 Å². The van der Waals surface area contributed by atoms with Crippen LogP contribution in [-0.4, -0.2) is 23.5 Å². The summed E-state index contributed by atoms with van der Waals surface area (Å²) in [6.07, 6.45) is -4.65. The fourth-order valence-corrected chi connectivity index (χ4v) is 3.12. The molecule has 0 heterocycles. The normalized spacial score (nSPS) is 11.6. The van der Waals surface area contributed by atoms with Gasteiger partial charge in [0.05, 0.1) is 27.5 Å². The van der Waals surface area contributed by atoms with Crippen molar-refractivity contribution in [3.8, 4) is 5.75 Å². The molecule has 0 spiro atoms. The number of carbonyl (C=O) groups excluding carboxylic acids is 3. The second-order valence-corrected chi connectivity index (χ2v) is 7.92. The summed E-state index contributed by atoms with van der Waals surface area (Å²) in [6.45, 7) is 3.35. The summed E-state index contributed by atoms with van der Waals surface area (Å²) in [7, 11) is 0. The lowest BCUT2D eigenvalue weighted by atomic mass is 10.1. The van der Waals surface area contributed by atoms with E-state index in [2.05, 4.69) is 5.10 Å². The molecule has 2 N–H and O–H groups in total. The van der Waals surface area contributed by atoms with Crippen molar-refractivity contribution in [2.75, 3.05) is 5.32 Å². The molecule has 0 unspecified atom stereocenters. The molecule has 186 valence electrons. The summed E-state index contributed by atoms with van der Waals surface area (Å²) < 4.78 is 44.0. The van der Waals surface area contributed by atoms with Crippen molar-refractivity contribution in [1.82, 2.24) is 5.43 Å². The lowest BCUT2D eigenvalue weighted by Crippen LogP contribution is -2.33. The Morgan fingerprint density at radius 2 is 1.61 bits per heavy atom. The first kappa shape index (κ1) is 26.4. The van der Waals surface area contributed by atoms with Gasteiger partial charge in [-0.2, -0.15) is 18.3 Å². The van der Waals surface area contributed by atoms with Gasteiger partial charge in [0.2, 0.25) is 0 Å². The zero-order chi connectivity index (χ0) is 26.5. The fourth-order valence-electron chi connectivity index (χ4n) is 2.95. The molecule has 7 nitrogen and oxygen atoms in total. The Kier molecular flexibility index (Phi) is 8.11. The lowest BCUT2D eigenvalue weighted by Gasteiger charge is -2.11. The molecule has 0 atom stereocenters. The van der Waals surface area contributed by atoms with Crippen molar-refractivity contribution >= 4 is 40.8 Å². The molecule has 3 aromatic carbocycles. The summed E-state index contributed by atoms with van der Waals surface area (Å²) in [5.74, 6) is -2.69. The van der Waals surface area contributed by atoms with Gasteiger partial charge in [-0.15, -0.1) is 0 Å². The number of aryl methyl sites for hydroxylation is 1. The zero-order valence-electron chi connectivity index (χ0n) is 18.9. The molecule has 2 amide bonds. The molecule has 3 aromatic rings. The predicted octanol–water partition coefficient (Wildman–Crippen LogP) is 5.37. The SMILES string of the molecule is CC(=NNC(=O)C(=O)Nc1cc(C(F)(F)F)ccc1Cl)c1ccc(OC(=O)c2ccccc2C)cc1. The van der Waals surface area contributed by atoms with Gasteiger partial charge in [-0.1, -0.05) is 29.8 Å². The van der Waals surface area contributed by atoms with Crippen LogP contribution in [0, 0.1) is 6.92 Å². The highest BCUT2D eigenvalue weighted by Gasteiger charge is 2.31. The number of hydrazone groups is 1. The number of esters is 1. The highest BCUT2D eigenvalue weighted by atomic mass is 35.5. The predicted molar refractivity (Wildman–Crippen MR) is 128 cm³/mol. The number of anilines is 1. The number of halogens is 4. The third kappa shape index (κ3) is 6.70. The van der Waals surface area contributed by atoms with Crippen LogP contribution in [0.15, 0.2) is 71.8 Å². The van der Waals surface area contributed by atoms with Crippen LogP contribution in [0.2, 0.25) is 5.02 Å². The zero-order valence-corrected chi connectivity index (χ0v) is 19.7. The van der Waals surface area contributed by atoms with E-state index in [0.717, 1.165) is 17.7 Å². The number of carbonyl (C=O) groups is 3. The van der Waals surface area contributed by atoms with E-state index >= 15 is 0 Å². The third-order valence-electron chi connectivity index (χ3n) is 4.92. The average molecular weight is 518 g/mol. The molecule has 0 saturated heterocycles. The number of hydrogen-bond donors (Lipinski definition) is 2. The van der Waals surface area contributed by atoms with Crippen LogP contribution >= 0.6 is 11.6 Å². The second-order valence-electron chi connectivity index (χ2n) is 7.51. The van der Waals surface area contributed by atoms with Crippen LogP contribution in [0.5, 0.6) is 5.75 Å². The molecule has 0 aliphatic carbocycles. The number of nitrogens with zero attached hydrogens (tertiary/aromatic N) is 1. The average Bonchev–Trinajstić information content (AvgIpc) is 2.83. The first-order chi connectivity index (χ1) is 17.0. The Morgan fingerprint density at radius 1 is 0.944 bits per heavy atom. The molecule has 0 saturated carbocycles. The van der Waals surface area contributed by atoms with E-state index in [-0.39, 0.29) is 10.7 Å². The molecule has 0 fully saturated rings. The molecule has 0 bridgehead atoms. The Morgan fingerprint density at radius 3 is 2.25 bits per heavy atom. The van der Waals surface area contributed by atoms with Crippen LogP contribution in [-0.2, 0) is 15.8 Å². The van der Waals surface area contributed by atoms with Crippen LogP contribution in [0.1, 0.15) is 34.0 Å². The molecule has 3 rings (SSSR count). The van der Waals surface area contributed by atoms with Gasteiger partial charge in [0.25, 0.3) is 0 Å². The molecular formula is C25H19ClF3N3O4.